The maximum Gasteiger partial charge on any atom is 0.163 e. The van der Waals surface area contributed by atoms with E-state index in [0.29, 0.717) is 42.2 Å². The van der Waals surface area contributed by atoms with Gasteiger partial charge in [-0.2, -0.15) is 0 Å². The van der Waals surface area contributed by atoms with Crippen LogP contribution in [0.4, 0.5) is 0 Å². The summed E-state index contributed by atoms with van der Waals surface area (Å²) in [5, 5.41) is 10.0. The average molecular weight is 497 g/mol. The third-order valence-corrected chi connectivity index (χ3v) is 6.34. The van der Waals surface area contributed by atoms with Crippen molar-refractivity contribution < 1.29 is 14.6 Å². The van der Waals surface area contributed by atoms with E-state index < -0.39 is 0 Å². The van der Waals surface area contributed by atoms with Gasteiger partial charge in [0.15, 0.2) is 5.78 Å². The third kappa shape index (κ3) is 7.18. The molecule has 3 rings (SSSR count). The number of ether oxygens (including phenoxy) is 1. The molecule has 35 heavy (non-hydrogen) atoms. The van der Waals surface area contributed by atoms with Gasteiger partial charge in [0, 0.05) is 42.8 Å². The predicted octanol–water partition coefficient (Wildman–Crippen LogP) is 6.64. The number of hydrogen-bond donors (Lipinski definition) is 1. The van der Waals surface area contributed by atoms with Crippen LogP contribution < -0.4 is 4.74 Å². The summed E-state index contributed by atoms with van der Waals surface area (Å²) in [6, 6.07) is 13.5. The quantitative estimate of drug-likeness (QED) is 0.302. The number of halogens is 1. The summed E-state index contributed by atoms with van der Waals surface area (Å²) in [5.41, 5.74) is 3.70. The van der Waals surface area contributed by atoms with E-state index in [-0.39, 0.29) is 23.7 Å². The lowest BCUT2D eigenvalue weighted by atomic mass is 9.89. The first-order chi connectivity index (χ1) is 16.6. The second-order valence-corrected chi connectivity index (χ2v) is 10.6. The number of imidazole rings is 1. The van der Waals surface area contributed by atoms with Crippen LogP contribution in [0.25, 0.3) is 11.3 Å². The molecule has 1 N–H and O–H groups in total. The van der Waals surface area contributed by atoms with Crippen molar-refractivity contribution in [3.8, 4) is 17.0 Å². The molecule has 0 spiro atoms. The van der Waals surface area contributed by atoms with Crippen molar-refractivity contribution >= 4 is 17.4 Å². The molecule has 2 aromatic carbocycles. The van der Waals surface area contributed by atoms with Crippen LogP contribution in [0.5, 0.6) is 5.75 Å². The van der Waals surface area contributed by atoms with Gasteiger partial charge in [0.1, 0.15) is 11.6 Å². The highest BCUT2D eigenvalue weighted by atomic mass is 35.5. The van der Waals surface area contributed by atoms with Crippen molar-refractivity contribution in [2.45, 2.75) is 58.8 Å². The molecule has 0 bridgehead atoms. The Bertz CT molecular complexity index is 1130. The Kier molecular flexibility index (Phi) is 9.15. The lowest BCUT2D eigenvalue weighted by Crippen LogP contribution is -2.17. The number of carbonyl (C=O) groups excluding carboxylic acids is 1. The van der Waals surface area contributed by atoms with Crippen molar-refractivity contribution in [3.05, 3.63) is 70.6 Å². The number of ketones is 1. The van der Waals surface area contributed by atoms with E-state index in [2.05, 4.69) is 55.8 Å². The Labute approximate surface area is 214 Å². The summed E-state index contributed by atoms with van der Waals surface area (Å²) in [5.74, 6) is 1.70. The lowest BCUT2D eigenvalue weighted by molar-refractivity contribution is 0.0953. The summed E-state index contributed by atoms with van der Waals surface area (Å²) < 4.78 is 7.69. The van der Waals surface area contributed by atoms with Crippen molar-refractivity contribution in [1.29, 1.82) is 0 Å². The molecule has 0 radical (unpaired) electrons. The molecule has 0 aliphatic rings. The molecule has 6 heteroatoms. The molecule has 0 saturated carbocycles. The minimum absolute atomic E-state index is 0.0206. The van der Waals surface area contributed by atoms with Crippen molar-refractivity contribution in [2.24, 2.45) is 13.0 Å². The van der Waals surface area contributed by atoms with E-state index >= 15 is 0 Å². The summed E-state index contributed by atoms with van der Waals surface area (Å²) >= 11 is 6.31. The molecule has 0 fully saturated rings. The van der Waals surface area contributed by atoms with Crippen LogP contribution in [0.2, 0.25) is 5.02 Å². The predicted molar refractivity (Wildman–Crippen MR) is 142 cm³/mol. The summed E-state index contributed by atoms with van der Waals surface area (Å²) in [6.45, 7) is 9.14. The van der Waals surface area contributed by atoms with Crippen molar-refractivity contribution in [3.63, 3.8) is 0 Å². The van der Waals surface area contributed by atoms with Crippen LogP contribution in [0, 0.1) is 5.92 Å². The van der Waals surface area contributed by atoms with Gasteiger partial charge in [0.2, 0.25) is 0 Å². The highest BCUT2D eigenvalue weighted by Crippen LogP contribution is 2.29. The Hall–Kier alpha value is -2.63. The van der Waals surface area contributed by atoms with E-state index in [1.807, 2.05) is 14.0 Å². The van der Waals surface area contributed by atoms with E-state index in [4.69, 9.17) is 21.3 Å². The summed E-state index contributed by atoms with van der Waals surface area (Å²) in [4.78, 5) is 17.8. The molecule has 0 unspecified atom stereocenters. The number of aliphatic hydroxyl groups is 1. The van der Waals surface area contributed by atoms with Crippen molar-refractivity contribution in [2.75, 3.05) is 13.2 Å². The Balaban J connectivity index is 1.68. The topological polar surface area (TPSA) is 64.3 Å². The van der Waals surface area contributed by atoms with E-state index in [1.165, 1.54) is 0 Å². The second-order valence-electron chi connectivity index (χ2n) is 10.2. The zero-order valence-electron chi connectivity index (χ0n) is 21.5. The molecule has 0 aliphatic carbocycles. The number of benzene rings is 2. The van der Waals surface area contributed by atoms with Gasteiger partial charge >= 0.3 is 0 Å². The normalized spacial score (nSPS) is 12.5. The number of nitrogens with zero attached hydrogens (tertiary/aromatic N) is 2. The van der Waals surface area contributed by atoms with Gasteiger partial charge in [0.05, 0.1) is 17.3 Å². The molecule has 1 aromatic heterocycles. The average Bonchev–Trinajstić information content (AvgIpc) is 3.21. The van der Waals surface area contributed by atoms with Crippen LogP contribution in [0.1, 0.15) is 68.7 Å². The van der Waals surface area contributed by atoms with Gasteiger partial charge in [-0.15, -0.1) is 0 Å². The maximum atomic E-state index is 13.0. The van der Waals surface area contributed by atoms with Gasteiger partial charge in [-0.25, -0.2) is 4.98 Å². The van der Waals surface area contributed by atoms with Crippen LogP contribution in [-0.4, -0.2) is 33.7 Å². The molecule has 3 aromatic rings. The van der Waals surface area contributed by atoms with Crippen molar-refractivity contribution in [1.82, 2.24) is 9.55 Å². The van der Waals surface area contributed by atoms with Crippen LogP contribution in [-0.2, 0) is 18.9 Å². The Morgan fingerprint density at radius 3 is 2.46 bits per heavy atom. The minimum atomic E-state index is -0.0237. The maximum absolute atomic E-state index is 13.0. The molecule has 1 atom stereocenters. The van der Waals surface area contributed by atoms with Crippen LogP contribution >= 0.6 is 11.6 Å². The summed E-state index contributed by atoms with van der Waals surface area (Å²) in [7, 11) is 2.03. The molecule has 0 aliphatic heterocycles. The van der Waals surface area contributed by atoms with Gasteiger partial charge in [-0.1, -0.05) is 63.6 Å². The first kappa shape index (κ1) is 27.0. The van der Waals surface area contributed by atoms with Crippen LogP contribution in [0.3, 0.4) is 0 Å². The highest BCUT2D eigenvalue weighted by Gasteiger charge is 2.21. The Morgan fingerprint density at radius 1 is 1.17 bits per heavy atom. The zero-order chi connectivity index (χ0) is 25.6. The lowest BCUT2D eigenvalue weighted by Gasteiger charge is -2.17. The smallest absolute Gasteiger partial charge is 0.163 e. The SMILES string of the molecule is CCCOc1ccc(C(=O)C[C@H](CCO)Cc2ccc(-c3cn(C)c(C(C)(C)C)n3)cc2)cc1Cl. The number of aliphatic hydroxyl groups excluding tert-OH is 1. The Morgan fingerprint density at radius 2 is 1.89 bits per heavy atom. The number of aromatic nitrogens is 2. The molecule has 0 amide bonds. The van der Waals surface area contributed by atoms with Gasteiger partial charge < -0.3 is 14.4 Å². The standard InChI is InChI=1S/C29H37ClN2O3/c1-6-15-35-27-12-11-23(18-24(27)30)26(34)17-21(13-14-33)16-20-7-9-22(10-8-20)25-19-32(5)28(31-25)29(2,3)4/h7-12,18-19,21,33H,6,13-17H2,1-5H3/t21-/m1/s1. The van der Waals surface area contributed by atoms with E-state index in [0.717, 1.165) is 29.1 Å². The fraction of sp³-hybridized carbons (Fsp3) is 0.448. The molecule has 1 heterocycles. The number of hydrogen-bond acceptors (Lipinski definition) is 4. The number of carbonyl (C=O) groups is 1. The first-order valence-electron chi connectivity index (χ1n) is 12.3. The second kappa shape index (κ2) is 11.9. The highest BCUT2D eigenvalue weighted by molar-refractivity contribution is 6.32. The molecule has 0 saturated heterocycles. The van der Waals surface area contributed by atoms with Gasteiger partial charge in [0.25, 0.3) is 0 Å². The number of rotatable bonds is 11. The zero-order valence-corrected chi connectivity index (χ0v) is 22.2. The monoisotopic (exact) mass is 496 g/mol. The first-order valence-corrected chi connectivity index (χ1v) is 12.7. The molecular formula is C29H37ClN2O3. The molecule has 188 valence electrons. The van der Waals surface area contributed by atoms with Gasteiger partial charge in [-0.3, -0.25) is 4.79 Å². The van der Waals surface area contributed by atoms with Gasteiger partial charge in [-0.05, 0) is 48.9 Å². The number of Topliss-reactive ketones (excluding diaryl/α,β-unsaturated/α-hetero) is 1. The van der Waals surface area contributed by atoms with Crippen LogP contribution in [0.15, 0.2) is 48.7 Å². The fourth-order valence-electron chi connectivity index (χ4n) is 4.29. The minimum Gasteiger partial charge on any atom is -0.492 e. The largest absolute Gasteiger partial charge is 0.492 e. The molecule has 5 nitrogen and oxygen atoms in total. The molecular weight excluding hydrogens is 460 g/mol. The summed E-state index contributed by atoms with van der Waals surface area (Å²) in [6.07, 6.45) is 4.58. The van der Waals surface area contributed by atoms with E-state index in [1.54, 1.807) is 18.2 Å². The fourth-order valence-corrected chi connectivity index (χ4v) is 4.52. The van der Waals surface area contributed by atoms with E-state index in [9.17, 15) is 9.90 Å². The number of aryl methyl sites for hydroxylation is 1. The third-order valence-electron chi connectivity index (χ3n) is 6.05.